The molecule has 2 aliphatic heterocycles. The molecule has 5 heteroatoms. The molecule has 4 atom stereocenters. The van der Waals surface area contributed by atoms with Crippen LogP contribution in [0.15, 0.2) is 30.3 Å². The maximum Gasteiger partial charge on any atom is 0.226 e. The molecule has 2 bridgehead atoms. The molecule has 4 aliphatic rings. The van der Waals surface area contributed by atoms with E-state index in [1.807, 2.05) is 30.3 Å². The van der Waals surface area contributed by atoms with Crippen LogP contribution in [0.1, 0.15) is 57.8 Å². The number of rotatable bonds is 6. The van der Waals surface area contributed by atoms with Crippen LogP contribution in [0.3, 0.4) is 0 Å². The summed E-state index contributed by atoms with van der Waals surface area (Å²) in [5.41, 5.74) is 0.403. The van der Waals surface area contributed by atoms with Gasteiger partial charge in [0, 0.05) is 24.0 Å². The van der Waals surface area contributed by atoms with Gasteiger partial charge < -0.3 is 15.0 Å². The minimum absolute atomic E-state index is 0.0516. The van der Waals surface area contributed by atoms with Crippen molar-refractivity contribution in [2.75, 3.05) is 6.61 Å². The summed E-state index contributed by atoms with van der Waals surface area (Å²) in [6, 6.07) is 10.4. The molecule has 0 radical (unpaired) electrons. The quantitative estimate of drug-likeness (QED) is 0.821. The number of amides is 2. The van der Waals surface area contributed by atoms with Crippen molar-refractivity contribution in [2.24, 2.45) is 11.3 Å². The summed E-state index contributed by atoms with van der Waals surface area (Å²) in [7, 11) is 0. The van der Waals surface area contributed by atoms with E-state index in [1.54, 1.807) is 0 Å². The number of para-hydroxylation sites is 1. The highest BCUT2D eigenvalue weighted by Crippen LogP contribution is 2.66. The summed E-state index contributed by atoms with van der Waals surface area (Å²) >= 11 is 0. The molecular formula is C23H30N2O3. The van der Waals surface area contributed by atoms with Crippen molar-refractivity contribution < 1.29 is 14.3 Å². The number of hydrogen-bond donors (Lipinski definition) is 1. The minimum Gasteiger partial charge on any atom is -0.493 e. The highest BCUT2D eigenvalue weighted by Gasteiger charge is 2.63. The van der Waals surface area contributed by atoms with E-state index in [0.29, 0.717) is 42.4 Å². The Morgan fingerprint density at radius 1 is 1.11 bits per heavy atom. The third-order valence-electron chi connectivity index (χ3n) is 7.53. The van der Waals surface area contributed by atoms with Crippen molar-refractivity contribution >= 4 is 11.8 Å². The van der Waals surface area contributed by atoms with E-state index in [1.165, 1.54) is 19.3 Å². The first-order chi connectivity index (χ1) is 13.6. The van der Waals surface area contributed by atoms with E-state index >= 15 is 0 Å². The number of carbonyl (C=O) groups excluding carboxylic acids is 2. The lowest BCUT2D eigenvalue weighted by Gasteiger charge is -2.40. The molecule has 2 saturated carbocycles. The van der Waals surface area contributed by atoms with Gasteiger partial charge in [-0.2, -0.15) is 0 Å². The van der Waals surface area contributed by atoms with Gasteiger partial charge in [-0.25, -0.2) is 0 Å². The third kappa shape index (κ3) is 3.29. The van der Waals surface area contributed by atoms with Crippen LogP contribution in [0.25, 0.3) is 0 Å². The topological polar surface area (TPSA) is 58.6 Å². The molecule has 5 nitrogen and oxygen atoms in total. The number of hydrogen-bond acceptors (Lipinski definition) is 3. The third-order valence-corrected chi connectivity index (χ3v) is 7.53. The number of nitrogens with one attached hydrogen (secondary N) is 1. The van der Waals surface area contributed by atoms with Crippen LogP contribution in [-0.2, 0) is 9.59 Å². The lowest BCUT2D eigenvalue weighted by molar-refractivity contribution is -0.139. The molecule has 2 heterocycles. The van der Waals surface area contributed by atoms with Crippen molar-refractivity contribution in [3.05, 3.63) is 30.3 Å². The fourth-order valence-electron chi connectivity index (χ4n) is 5.79. The molecule has 5 rings (SSSR count). The van der Waals surface area contributed by atoms with E-state index in [2.05, 4.69) is 10.2 Å². The molecule has 2 unspecified atom stereocenters. The zero-order chi connectivity index (χ0) is 19.1. The summed E-state index contributed by atoms with van der Waals surface area (Å²) < 4.78 is 5.62. The van der Waals surface area contributed by atoms with Crippen molar-refractivity contribution in [1.82, 2.24) is 10.2 Å². The van der Waals surface area contributed by atoms with Gasteiger partial charge in [0.2, 0.25) is 11.8 Å². The fraction of sp³-hybridized carbons (Fsp3) is 0.652. The molecule has 1 N–H and O–H groups in total. The zero-order valence-electron chi connectivity index (χ0n) is 16.4. The average molecular weight is 383 g/mol. The van der Waals surface area contributed by atoms with Gasteiger partial charge >= 0.3 is 0 Å². The fourth-order valence-corrected chi connectivity index (χ4v) is 5.79. The molecule has 1 spiro atoms. The second-order valence-electron chi connectivity index (χ2n) is 9.25. The van der Waals surface area contributed by atoms with Crippen molar-refractivity contribution in [3.8, 4) is 5.75 Å². The number of nitrogens with zero attached hydrogens (tertiary/aromatic N) is 1. The monoisotopic (exact) mass is 382 g/mol. The predicted octanol–water partition coefficient (Wildman–Crippen LogP) is 3.28. The Morgan fingerprint density at radius 3 is 2.43 bits per heavy atom. The van der Waals surface area contributed by atoms with E-state index in [9.17, 15) is 9.59 Å². The summed E-state index contributed by atoms with van der Waals surface area (Å²) in [6.45, 7) is 0.393. The van der Waals surface area contributed by atoms with Crippen molar-refractivity contribution in [1.29, 1.82) is 0 Å². The number of fused-ring (bicyclic) bond motifs is 2. The molecule has 0 aromatic heterocycles. The molecule has 4 fully saturated rings. The largest absolute Gasteiger partial charge is 0.493 e. The summed E-state index contributed by atoms with van der Waals surface area (Å²) in [4.78, 5) is 27.6. The molecular weight excluding hydrogens is 352 g/mol. The Hall–Kier alpha value is -2.04. The van der Waals surface area contributed by atoms with Crippen LogP contribution in [-0.4, -0.2) is 41.4 Å². The molecule has 2 aliphatic carbocycles. The summed E-state index contributed by atoms with van der Waals surface area (Å²) in [6.07, 6.45) is 9.34. The van der Waals surface area contributed by atoms with Gasteiger partial charge in [0.15, 0.2) is 0 Å². The van der Waals surface area contributed by atoms with Crippen molar-refractivity contribution in [3.63, 3.8) is 0 Å². The van der Waals surface area contributed by atoms with Gasteiger partial charge in [0.05, 0.1) is 13.0 Å². The normalized spacial score (nSPS) is 31.9. The number of benzene rings is 1. The molecule has 150 valence electrons. The Balaban J connectivity index is 1.09. The maximum absolute atomic E-state index is 13.1. The number of carbonyl (C=O) groups is 2. The summed E-state index contributed by atoms with van der Waals surface area (Å²) in [5, 5.41) is 3.19. The lowest BCUT2D eigenvalue weighted by atomic mass is 9.79. The Kier molecular flexibility index (Phi) is 4.56. The van der Waals surface area contributed by atoms with Crippen LogP contribution < -0.4 is 10.1 Å². The first-order valence-corrected chi connectivity index (χ1v) is 10.9. The second kappa shape index (κ2) is 7.09. The smallest absolute Gasteiger partial charge is 0.226 e. The first kappa shape index (κ1) is 18.0. The van der Waals surface area contributed by atoms with Crippen LogP contribution in [0.2, 0.25) is 0 Å². The highest BCUT2D eigenvalue weighted by molar-refractivity contribution is 5.84. The molecule has 1 aromatic carbocycles. The van der Waals surface area contributed by atoms with Crippen LogP contribution in [0.5, 0.6) is 5.75 Å². The van der Waals surface area contributed by atoms with Gasteiger partial charge in [-0.15, -0.1) is 0 Å². The van der Waals surface area contributed by atoms with Crippen LogP contribution >= 0.6 is 0 Å². The van der Waals surface area contributed by atoms with E-state index < -0.39 is 0 Å². The summed E-state index contributed by atoms with van der Waals surface area (Å²) in [5.74, 6) is 1.58. The average Bonchev–Trinajstić information content (AvgIpc) is 3.37. The minimum atomic E-state index is 0.0516. The molecule has 2 amide bonds. The highest BCUT2D eigenvalue weighted by atomic mass is 16.5. The van der Waals surface area contributed by atoms with Gasteiger partial charge in [0.1, 0.15) is 5.75 Å². The standard InChI is InChI=1S/C23H30N2O3/c26-21(9-12-28-19-5-2-1-3-6-19)24-16-13-17-7-8-18(14-16)25(17)22(27)20-15-23(20)10-4-11-23/h1-3,5-6,16-18,20H,4,7-15H2,(H,24,26)/t16?,17-,18+,20?. The Bertz CT molecular complexity index is 731. The van der Waals surface area contributed by atoms with Gasteiger partial charge in [-0.1, -0.05) is 24.6 Å². The molecule has 28 heavy (non-hydrogen) atoms. The Labute approximate surface area is 166 Å². The van der Waals surface area contributed by atoms with Crippen LogP contribution in [0.4, 0.5) is 0 Å². The second-order valence-corrected chi connectivity index (χ2v) is 9.25. The van der Waals surface area contributed by atoms with Gasteiger partial charge in [-0.05, 0) is 62.5 Å². The maximum atomic E-state index is 13.1. The van der Waals surface area contributed by atoms with Crippen LogP contribution in [0, 0.1) is 11.3 Å². The number of ether oxygens (including phenoxy) is 1. The Morgan fingerprint density at radius 2 is 1.82 bits per heavy atom. The van der Waals surface area contributed by atoms with E-state index in [0.717, 1.165) is 37.9 Å². The molecule has 2 saturated heterocycles. The van der Waals surface area contributed by atoms with Crippen molar-refractivity contribution in [2.45, 2.75) is 75.9 Å². The van der Waals surface area contributed by atoms with E-state index in [4.69, 9.17) is 4.74 Å². The van der Waals surface area contributed by atoms with E-state index in [-0.39, 0.29) is 11.9 Å². The SMILES string of the molecule is O=C(CCOc1ccccc1)NC1C[C@H]2CC[C@@H](C1)N2C(=O)C1CC12CCC2. The molecule has 1 aromatic rings. The van der Waals surface area contributed by atoms with Gasteiger partial charge in [-0.3, -0.25) is 9.59 Å². The first-order valence-electron chi connectivity index (χ1n) is 10.9. The lowest BCUT2D eigenvalue weighted by Crippen LogP contribution is -2.53. The predicted molar refractivity (Wildman–Crippen MR) is 106 cm³/mol. The number of piperidine rings is 1. The zero-order valence-corrected chi connectivity index (χ0v) is 16.4. The van der Waals surface area contributed by atoms with Gasteiger partial charge in [0.25, 0.3) is 0 Å².